The molecule has 3 aromatic carbocycles. The molecule has 286 valence electrons. The number of nitrogens with one attached hydrogen (secondary N) is 1. The molecule has 55 heavy (non-hydrogen) atoms. The van der Waals surface area contributed by atoms with Crippen LogP contribution in [0.2, 0.25) is 0 Å². The summed E-state index contributed by atoms with van der Waals surface area (Å²) in [6, 6.07) is 28.5. The number of halogens is 3. The lowest BCUT2D eigenvalue weighted by Gasteiger charge is -2.63. The molecule has 0 aromatic heterocycles. The number of quaternary nitrogens is 1. The van der Waals surface area contributed by atoms with Crippen molar-refractivity contribution in [2.45, 2.75) is 75.1 Å². The Bertz CT molecular complexity index is 2030. The van der Waals surface area contributed by atoms with Gasteiger partial charge in [0.25, 0.3) is 5.91 Å². The minimum absolute atomic E-state index is 0.135. The van der Waals surface area contributed by atoms with E-state index in [1.54, 1.807) is 6.07 Å². The standard InChI is InChI=1S/C45H45F3N2O5/c1-3-25-50(28-34(30-14-7-4-8-15-30)31-16-9-5-10-17-31)26-24-43-35-20-13-21-37(43)54-41-38(43)33(27-36(35)50)22-23-44(41,55-29(2)51)49-42(53)39(45(46,47)48)40(52)32-18-11-6-12-19-32/h3-12,14-19,22-23,34-37,41H,1,13,20-21,24-28H2,2H3,(H-,49,52,53)/p+1/t35-,36+,37-,41?,43+,44?,50?/m0/s1. The lowest BCUT2D eigenvalue weighted by molar-refractivity contribution is -0.959. The van der Waals surface area contributed by atoms with E-state index < -0.39 is 46.6 Å². The van der Waals surface area contributed by atoms with Gasteiger partial charge in [0.05, 0.1) is 37.7 Å². The lowest BCUT2D eigenvalue weighted by Crippen LogP contribution is -2.71. The van der Waals surface area contributed by atoms with E-state index in [9.17, 15) is 27.9 Å². The number of amides is 1. The number of benzene rings is 3. The number of allylic oxidation sites excluding steroid dienone is 1. The number of hydrogen-bond donors (Lipinski definition) is 2. The van der Waals surface area contributed by atoms with Crippen LogP contribution in [0.3, 0.4) is 0 Å². The highest BCUT2D eigenvalue weighted by Crippen LogP contribution is 2.67. The molecule has 7 nitrogen and oxygen atoms in total. The fraction of sp³-hybridized carbons (Fsp3) is 0.378. The maximum absolute atomic E-state index is 14.6. The molecule has 3 aromatic rings. The summed E-state index contributed by atoms with van der Waals surface area (Å²) >= 11 is 0. The SMILES string of the molecule is C=CC[N+]1(CC(c2ccccc2)c2ccccc2)CC[C@]23C4=C5C=CC(NC(=O)C(=C(O)c6ccccc6)C(F)(F)F)(OC(C)=O)C4O[C@H]2CCC[C@H]3[C@H]1C5. The third-order valence-corrected chi connectivity index (χ3v) is 13.0. The van der Waals surface area contributed by atoms with Gasteiger partial charge in [-0.25, -0.2) is 0 Å². The zero-order chi connectivity index (χ0) is 38.6. The monoisotopic (exact) mass is 751 g/mol. The number of nitrogens with zero attached hydrogens (tertiary/aromatic N) is 1. The van der Waals surface area contributed by atoms with Gasteiger partial charge < -0.3 is 24.4 Å². The first kappa shape index (κ1) is 37.0. The number of carbonyl (C=O) groups excluding carboxylic acids is 2. The number of rotatable bonds is 10. The van der Waals surface area contributed by atoms with Crippen molar-refractivity contribution in [1.82, 2.24) is 5.32 Å². The van der Waals surface area contributed by atoms with Crippen molar-refractivity contribution in [2.24, 2.45) is 11.3 Å². The summed E-state index contributed by atoms with van der Waals surface area (Å²) < 4.78 is 57.5. The maximum Gasteiger partial charge on any atom is 0.425 e. The summed E-state index contributed by atoms with van der Waals surface area (Å²) in [5, 5.41) is 13.3. The molecule has 2 bridgehead atoms. The van der Waals surface area contributed by atoms with Gasteiger partial charge in [0.15, 0.2) is 5.57 Å². The lowest BCUT2D eigenvalue weighted by atomic mass is 9.50. The van der Waals surface area contributed by atoms with Crippen molar-refractivity contribution in [1.29, 1.82) is 0 Å². The smallest absolute Gasteiger partial charge is 0.425 e. The van der Waals surface area contributed by atoms with Crippen LogP contribution in [-0.2, 0) is 19.1 Å². The van der Waals surface area contributed by atoms with Crippen molar-refractivity contribution < 1.29 is 41.8 Å². The molecule has 2 aliphatic heterocycles. The Hall–Kier alpha value is -4.93. The number of aliphatic hydroxyl groups is 1. The van der Waals surface area contributed by atoms with Crippen LogP contribution in [0.4, 0.5) is 13.2 Å². The zero-order valence-corrected chi connectivity index (χ0v) is 30.8. The molecule has 3 unspecified atom stereocenters. The first-order chi connectivity index (χ1) is 26.4. The number of alkyl halides is 3. The van der Waals surface area contributed by atoms with Crippen LogP contribution >= 0.6 is 0 Å². The second kappa shape index (κ2) is 14.0. The minimum Gasteiger partial charge on any atom is -0.506 e. The van der Waals surface area contributed by atoms with Gasteiger partial charge in [-0.05, 0) is 47.3 Å². The van der Waals surface area contributed by atoms with Gasteiger partial charge in [-0.1, -0.05) is 110 Å². The molecular weight excluding hydrogens is 705 g/mol. The second-order valence-electron chi connectivity index (χ2n) is 15.8. The number of aliphatic hydroxyl groups excluding tert-OH is 1. The van der Waals surface area contributed by atoms with Crippen molar-refractivity contribution in [3.05, 3.63) is 149 Å². The first-order valence-electron chi connectivity index (χ1n) is 19.2. The predicted octanol–water partition coefficient (Wildman–Crippen LogP) is 8.32. The van der Waals surface area contributed by atoms with E-state index in [4.69, 9.17) is 9.47 Å². The molecule has 5 aliphatic rings. The third-order valence-electron chi connectivity index (χ3n) is 13.0. The van der Waals surface area contributed by atoms with Gasteiger partial charge in [-0.15, -0.1) is 0 Å². The number of esters is 1. The van der Waals surface area contributed by atoms with Crippen molar-refractivity contribution >= 4 is 17.6 Å². The van der Waals surface area contributed by atoms with Crippen LogP contribution in [0.15, 0.2) is 133 Å². The highest BCUT2D eigenvalue weighted by molar-refractivity contribution is 6.01. The quantitative estimate of drug-likeness (QED) is 0.0544. The van der Waals surface area contributed by atoms with E-state index in [1.165, 1.54) is 41.5 Å². The first-order valence-corrected chi connectivity index (χ1v) is 19.2. The van der Waals surface area contributed by atoms with Crippen LogP contribution in [0.5, 0.6) is 0 Å². The topological polar surface area (TPSA) is 84.9 Å². The van der Waals surface area contributed by atoms with Gasteiger partial charge in [-0.2, -0.15) is 13.2 Å². The summed E-state index contributed by atoms with van der Waals surface area (Å²) in [6.07, 6.45) is 2.85. The van der Waals surface area contributed by atoms with E-state index in [2.05, 4.69) is 60.4 Å². The Morgan fingerprint density at radius 2 is 1.65 bits per heavy atom. The van der Waals surface area contributed by atoms with Crippen molar-refractivity contribution in [2.75, 3.05) is 19.6 Å². The number of likely N-dealkylation sites (tertiary alicyclic amines) is 1. The number of ether oxygens (including phenoxy) is 2. The Balaban J connectivity index is 1.20. The number of carbonyl (C=O) groups is 2. The average Bonchev–Trinajstić information content (AvgIpc) is 3.52. The summed E-state index contributed by atoms with van der Waals surface area (Å²) in [6.45, 7) is 7.87. The van der Waals surface area contributed by atoms with Gasteiger partial charge in [0, 0.05) is 36.7 Å². The molecule has 2 saturated heterocycles. The van der Waals surface area contributed by atoms with E-state index in [-0.39, 0.29) is 29.5 Å². The van der Waals surface area contributed by atoms with Gasteiger partial charge in [0.1, 0.15) is 11.9 Å². The van der Waals surface area contributed by atoms with Crippen LogP contribution in [-0.4, -0.2) is 71.3 Å². The Morgan fingerprint density at radius 3 is 2.25 bits per heavy atom. The largest absolute Gasteiger partial charge is 0.506 e. The Morgan fingerprint density at radius 1 is 1.02 bits per heavy atom. The fourth-order valence-corrected chi connectivity index (χ4v) is 10.9. The molecule has 2 N–H and O–H groups in total. The molecule has 3 aliphatic carbocycles. The Labute approximate surface area is 319 Å². The van der Waals surface area contributed by atoms with E-state index in [0.717, 1.165) is 67.9 Å². The third kappa shape index (κ3) is 6.14. The normalized spacial score (nSPS) is 31.0. The molecule has 1 saturated carbocycles. The average molecular weight is 752 g/mol. The van der Waals surface area contributed by atoms with Crippen LogP contribution < -0.4 is 5.32 Å². The van der Waals surface area contributed by atoms with E-state index in [0.29, 0.717) is 6.42 Å². The van der Waals surface area contributed by atoms with Crippen LogP contribution in [0.1, 0.15) is 61.6 Å². The molecule has 10 heteroatoms. The molecule has 7 atom stereocenters. The molecule has 3 fully saturated rings. The molecule has 1 spiro atoms. The summed E-state index contributed by atoms with van der Waals surface area (Å²) in [4.78, 5) is 26.7. The fourth-order valence-electron chi connectivity index (χ4n) is 10.9. The molecule has 2 heterocycles. The van der Waals surface area contributed by atoms with Gasteiger partial charge in [0.2, 0.25) is 5.72 Å². The van der Waals surface area contributed by atoms with Crippen molar-refractivity contribution in [3.63, 3.8) is 0 Å². The summed E-state index contributed by atoms with van der Waals surface area (Å²) in [5.41, 5.74) is -0.0404. The highest BCUT2D eigenvalue weighted by Gasteiger charge is 2.72. The molecule has 8 rings (SSSR count). The minimum atomic E-state index is -5.23. The predicted molar refractivity (Wildman–Crippen MR) is 202 cm³/mol. The molecule has 1 amide bonds. The second-order valence-corrected chi connectivity index (χ2v) is 15.8. The van der Waals surface area contributed by atoms with E-state index >= 15 is 0 Å². The number of hydrogen-bond acceptors (Lipinski definition) is 5. The van der Waals surface area contributed by atoms with Crippen molar-refractivity contribution in [3.8, 4) is 0 Å². The van der Waals surface area contributed by atoms with Gasteiger partial charge in [-0.3, -0.25) is 9.59 Å². The van der Waals surface area contributed by atoms with Crippen LogP contribution in [0, 0.1) is 11.3 Å². The number of piperidine rings is 1. The van der Waals surface area contributed by atoms with Gasteiger partial charge >= 0.3 is 12.1 Å². The zero-order valence-electron chi connectivity index (χ0n) is 30.8. The maximum atomic E-state index is 14.6. The molecule has 0 radical (unpaired) electrons. The molecular formula is C45H46F3N2O5+. The summed E-state index contributed by atoms with van der Waals surface area (Å²) in [5.74, 6) is -3.32. The highest BCUT2D eigenvalue weighted by atomic mass is 19.4. The van der Waals surface area contributed by atoms with E-state index in [1.807, 2.05) is 24.3 Å². The van der Waals surface area contributed by atoms with Crippen LogP contribution in [0.25, 0.3) is 5.76 Å². The Kier molecular flexibility index (Phi) is 9.41. The summed E-state index contributed by atoms with van der Waals surface area (Å²) in [7, 11) is 0.